The highest BCUT2D eigenvalue weighted by atomic mass is 127. The molecule has 0 atom stereocenters. The number of rotatable bonds is 6. The van der Waals surface area contributed by atoms with Crippen LogP contribution in [-0.2, 0) is 11.3 Å². The van der Waals surface area contributed by atoms with Crippen LogP contribution in [0.3, 0.4) is 0 Å². The van der Waals surface area contributed by atoms with Crippen LogP contribution in [0.4, 0.5) is 0 Å². The number of amides is 1. The third-order valence-electron chi connectivity index (χ3n) is 3.64. The summed E-state index contributed by atoms with van der Waals surface area (Å²) in [5.74, 6) is 1.28. The van der Waals surface area contributed by atoms with Gasteiger partial charge in [-0.15, -0.1) is 24.0 Å². The second-order valence-corrected chi connectivity index (χ2v) is 5.90. The summed E-state index contributed by atoms with van der Waals surface area (Å²) in [5.41, 5.74) is 2.92. The number of oxazole rings is 1. The third kappa shape index (κ3) is 6.66. The van der Waals surface area contributed by atoms with Gasteiger partial charge in [-0.1, -0.05) is 17.7 Å². The molecule has 1 aromatic heterocycles. The molecule has 8 heteroatoms. The lowest BCUT2D eigenvalue weighted by molar-refractivity contribution is -0.128. The van der Waals surface area contributed by atoms with Crippen LogP contribution in [0.15, 0.2) is 39.9 Å². The molecule has 7 nitrogen and oxygen atoms in total. The molecule has 0 aliphatic rings. The zero-order valence-electron chi connectivity index (χ0n) is 15.6. The number of benzene rings is 1. The second-order valence-electron chi connectivity index (χ2n) is 5.90. The Morgan fingerprint density at radius 2 is 1.92 bits per heavy atom. The molecule has 0 spiro atoms. The van der Waals surface area contributed by atoms with Crippen LogP contribution in [0, 0.1) is 6.92 Å². The van der Waals surface area contributed by atoms with Crippen molar-refractivity contribution in [3.63, 3.8) is 0 Å². The number of aromatic nitrogens is 1. The van der Waals surface area contributed by atoms with E-state index in [9.17, 15) is 4.79 Å². The van der Waals surface area contributed by atoms with E-state index in [1.807, 2.05) is 31.2 Å². The van der Waals surface area contributed by atoms with Gasteiger partial charge in [-0.05, 0) is 19.1 Å². The van der Waals surface area contributed by atoms with E-state index in [2.05, 4.69) is 20.6 Å². The summed E-state index contributed by atoms with van der Waals surface area (Å²) < 4.78 is 5.53. The Balaban J connectivity index is 0.00000338. The Labute approximate surface area is 171 Å². The molecule has 1 aromatic carbocycles. The Morgan fingerprint density at radius 3 is 2.54 bits per heavy atom. The molecule has 1 heterocycles. The molecule has 0 saturated carbocycles. The van der Waals surface area contributed by atoms with Crippen LogP contribution in [-0.4, -0.2) is 49.4 Å². The fourth-order valence-corrected chi connectivity index (χ4v) is 2.12. The molecule has 0 bridgehead atoms. The molecule has 142 valence electrons. The first kappa shape index (κ1) is 21.9. The number of carbonyl (C=O) groups excluding carboxylic acids is 1. The minimum atomic E-state index is 0. The number of aliphatic imine (C=N–C) groups is 1. The van der Waals surface area contributed by atoms with Crippen molar-refractivity contribution in [1.82, 2.24) is 20.5 Å². The van der Waals surface area contributed by atoms with Gasteiger partial charge in [0.25, 0.3) is 0 Å². The van der Waals surface area contributed by atoms with E-state index in [0.29, 0.717) is 31.4 Å². The number of hydrogen-bond donors (Lipinski definition) is 2. The van der Waals surface area contributed by atoms with E-state index in [4.69, 9.17) is 4.42 Å². The molecule has 0 aliphatic carbocycles. The Morgan fingerprint density at radius 1 is 1.23 bits per heavy atom. The average molecular weight is 471 g/mol. The largest absolute Gasteiger partial charge is 0.444 e. The van der Waals surface area contributed by atoms with E-state index >= 15 is 0 Å². The summed E-state index contributed by atoms with van der Waals surface area (Å²) in [5, 5.41) is 6.26. The fraction of sp³-hybridized carbons (Fsp3) is 0.389. The standard InChI is InChI=1S/C18H25N5O2.HI/c1-13-5-7-14(8-6-13)17-22-15(12-25-17)11-21-18(19-2)20-10-9-16(24)23(3)4;/h5-8,12H,9-11H2,1-4H3,(H2,19,20,21);1H. The SMILES string of the molecule is CN=C(NCCC(=O)N(C)C)NCc1coc(-c2ccc(C)cc2)n1.I. The summed E-state index contributed by atoms with van der Waals surface area (Å²) >= 11 is 0. The molecule has 26 heavy (non-hydrogen) atoms. The highest BCUT2D eigenvalue weighted by Gasteiger charge is 2.08. The number of halogens is 1. The van der Waals surface area contributed by atoms with Crippen molar-refractivity contribution in [3.05, 3.63) is 41.8 Å². The van der Waals surface area contributed by atoms with Crippen molar-refractivity contribution in [1.29, 1.82) is 0 Å². The molecular weight excluding hydrogens is 445 g/mol. The van der Waals surface area contributed by atoms with Crippen LogP contribution in [0.2, 0.25) is 0 Å². The minimum Gasteiger partial charge on any atom is -0.444 e. The van der Waals surface area contributed by atoms with Crippen molar-refractivity contribution < 1.29 is 9.21 Å². The molecule has 0 unspecified atom stereocenters. The van der Waals surface area contributed by atoms with Gasteiger partial charge in [0, 0.05) is 39.7 Å². The highest BCUT2D eigenvalue weighted by Crippen LogP contribution is 2.18. The number of nitrogens with zero attached hydrogens (tertiary/aromatic N) is 3. The normalized spacial score (nSPS) is 10.8. The molecule has 1 amide bonds. The monoisotopic (exact) mass is 471 g/mol. The fourth-order valence-electron chi connectivity index (χ4n) is 2.12. The van der Waals surface area contributed by atoms with Gasteiger partial charge in [-0.2, -0.15) is 0 Å². The number of nitrogens with one attached hydrogen (secondary N) is 2. The highest BCUT2D eigenvalue weighted by molar-refractivity contribution is 14.0. The van der Waals surface area contributed by atoms with E-state index in [-0.39, 0.29) is 29.9 Å². The van der Waals surface area contributed by atoms with Gasteiger partial charge in [-0.3, -0.25) is 9.79 Å². The van der Waals surface area contributed by atoms with Crippen LogP contribution in [0.1, 0.15) is 17.7 Å². The van der Waals surface area contributed by atoms with Crippen molar-refractivity contribution in [2.75, 3.05) is 27.7 Å². The lowest BCUT2D eigenvalue weighted by Crippen LogP contribution is -2.38. The maximum Gasteiger partial charge on any atom is 0.226 e. The van der Waals surface area contributed by atoms with Gasteiger partial charge < -0.3 is 20.0 Å². The van der Waals surface area contributed by atoms with Gasteiger partial charge in [0.05, 0.1) is 12.2 Å². The lowest BCUT2D eigenvalue weighted by Gasteiger charge is -2.13. The molecule has 2 N–H and O–H groups in total. The van der Waals surface area contributed by atoms with Crippen molar-refractivity contribution in [3.8, 4) is 11.5 Å². The first-order valence-corrected chi connectivity index (χ1v) is 8.15. The first-order valence-electron chi connectivity index (χ1n) is 8.15. The van der Waals surface area contributed by atoms with Crippen molar-refractivity contribution >= 4 is 35.8 Å². The summed E-state index contributed by atoms with van der Waals surface area (Å²) in [4.78, 5) is 21.7. The number of aryl methyl sites for hydroxylation is 1. The zero-order chi connectivity index (χ0) is 18.2. The maximum absolute atomic E-state index is 11.6. The molecule has 0 aliphatic heterocycles. The minimum absolute atomic E-state index is 0. The molecular formula is C18H26IN5O2. The van der Waals surface area contributed by atoms with Gasteiger partial charge >= 0.3 is 0 Å². The second kappa shape index (κ2) is 10.8. The summed E-state index contributed by atoms with van der Waals surface area (Å²) in [6, 6.07) is 8.03. The topological polar surface area (TPSA) is 82.8 Å². The van der Waals surface area contributed by atoms with E-state index in [0.717, 1.165) is 11.3 Å². The summed E-state index contributed by atoms with van der Waals surface area (Å²) in [6.07, 6.45) is 2.04. The predicted molar refractivity (Wildman–Crippen MR) is 114 cm³/mol. The van der Waals surface area contributed by atoms with Crippen LogP contribution >= 0.6 is 24.0 Å². The van der Waals surface area contributed by atoms with Crippen molar-refractivity contribution in [2.24, 2.45) is 4.99 Å². The first-order chi connectivity index (χ1) is 12.0. The number of carbonyl (C=O) groups is 1. The lowest BCUT2D eigenvalue weighted by atomic mass is 10.1. The molecule has 0 fully saturated rings. The molecule has 0 radical (unpaired) electrons. The maximum atomic E-state index is 11.6. The van der Waals surface area contributed by atoms with E-state index in [1.165, 1.54) is 5.56 Å². The average Bonchev–Trinajstić information content (AvgIpc) is 3.07. The smallest absolute Gasteiger partial charge is 0.226 e. The summed E-state index contributed by atoms with van der Waals surface area (Å²) in [6.45, 7) is 3.04. The van der Waals surface area contributed by atoms with E-state index in [1.54, 1.807) is 32.3 Å². The molecule has 2 rings (SSSR count). The van der Waals surface area contributed by atoms with Crippen LogP contribution in [0.25, 0.3) is 11.5 Å². The Hall–Kier alpha value is -2.10. The van der Waals surface area contributed by atoms with E-state index < -0.39 is 0 Å². The molecule has 2 aromatic rings. The van der Waals surface area contributed by atoms with Gasteiger partial charge in [0.2, 0.25) is 11.8 Å². The van der Waals surface area contributed by atoms with Gasteiger partial charge in [0.1, 0.15) is 6.26 Å². The van der Waals surface area contributed by atoms with Gasteiger partial charge in [-0.25, -0.2) is 4.98 Å². The quantitative estimate of drug-likeness (QED) is 0.384. The zero-order valence-corrected chi connectivity index (χ0v) is 17.9. The summed E-state index contributed by atoms with van der Waals surface area (Å²) in [7, 11) is 5.17. The molecule has 0 saturated heterocycles. The number of guanidine groups is 1. The van der Waals surface area contributed by atoms with Gasteiger partial charge in [0.15, 0.2) is 5.96 Å². The number of hydrogen-bond acceptors (Lipinski definition) is 4. The third-order valence-corrected chi connectivity index (χ3v) is 3.64. The van der Waals surface area contributed by atoms with Crippen LogP contribution in [0.5, 0.6) is 0 Å². The Bertz CT molecular complexity index is 725. The van der Waals surface area contributed by atoms with Crippen molar-refractivity contribution in [2.45, 2.75) is 19.9 Å². The predicted octanol–water partition coefficient (Wildman–Crippen LogP) is 2.41. The Kier molecular flexibility index (Phi) is 9.11. The van der Waals surface area contributed by atoms with Crippen LogP contribution < -0.4 is 10.6 Å².